The lowest BCUT2D eigenvalue weighted by Crippen LogP contribution is -2.57. The number of pyridine rings is 1. The second kappa shape index (κ2) is 7.98. The summed E-state index contributed by atoms with van der Waals surface area (Å²) in [5, 5.41) is 5.81. The van der Waals surface area contributed by atoms with Crippen molar-refractivity contribution in [3.05, 3.63) is 48.2 Å². The average molecular weight is 380 g/mol. The Hall–Kier alpha value is -2.93. The summed E-state index contributed by atoms with van der Waals surface area (Å²) in [6.45, 7) is 4.69. The minimum Gasteiger partial charge on any atom is -0.457 e. The number of amides is 2. The van der Waals surface area contributed by atoms with E-state index in [1.165, 1.54) is 19.8 Å². The van der Waals surface area contributed by atoms with Crippen molar-refractivity contribution in [2.75, 3.05) is 25.0 Å². The Morgan fingerprint density at radius 2 is 1.86 bits per heavy atom. The Labute approximate surface area is 164 Å². The van der Waals surface area contributed by atoms with Gasteiger partial charge in [-0.2, -0.15) is 0 Å². The fourth-order valence-corrected chi connectivity index (χ4v) is 3.91. The number of nitrogens with one attached hydrogen (secondary N) is 2. The fraction of sp³-hybridized carbons (Fsp3) is 0.381. The maximum Gasteiger partial charge on any atom is 0.251 e. The second-order valence-electron chi connectivity index (χ2n) is 7.40. The molecule has 0 aliphatic carbocycles. The zero-order chi connectivity index (χ0) is 19.5. The molecule has 7 heteroatoms. The Balaban J connectivity index is 1.37. The zero-order valence-electron chi connectivity index (χ0n) is 15.9. The monoisotopic (exact) mass is 380 g/mol. The van der Waals surface area contributed by atoms with E-state index >= 15 is 0 Å². The molecule has 2 aromatic rings. The highest BCUT2D eigenvalue weighted by atomic mass is 16.5. The average Bonchev–Trinajstić information content (AvgIpc) is 2.69. The van der Waals surface area contributed by atoms with Crippen LogP contribution in [-0.4, -0.2) is 47.4 Å². The van der Waals surface area contributed by atoms with Crippen LogP contribution < -0.4 is 15.4 Å². The molecule has 5 rings (SSSR count). The number of benzene rings is 1. The number of nitrogens with zero attached hydrogens (tertiary/aromatic N) is 2. The molecule has 0 radical (unpaired) electrons. The van der Waals surface area contributed by atoms with Crippen molar-refractivity contribution in [1.82, 2.24) is 15.2 Å². The van der Waals surface area contributed by atoms with Gasteiger partial charge in [0.15, 0.2) is 0 Å². The number of ether oxygens (including phenoxy) is 1. The minimum atomic E-state index is -0.192. The first-order valence-electron chi connectivity index (χ1n) is 9.61. The Kier molecular flexibility index (Phi) is 5.25. The van der Waals surface area contributed by atoms with Crippen LogP contribution in [0.15, 0.2) is 42.6 Å². The summed E-state index contributed by atoms with van der Waals surface area (Å²) in [4.78, 5) is 30.2. The van der Waals surface area contributed by atoms with E-state index in [1.807, 2.05) is 0 Å². The molecule has 1 atom stereocenters. The van der Waals surface area contributed by atoms with Crippen LogP contribution in [0.25, 0.3) is 0 Å². The Morgan fingerprint density at radius 1 is 1.11 bits per heavy atom. The Morgan fingerprint density at radius 3 is 2.50 bits per heavy atom. The SMILES string of the molecule is CC(=O)Nc1cc(Oc2ccc(C(=O)N[C@H]3CN4CCC3CC4)cc2)ccn1. The summed E-state index contributed by atoms with van der Waals surface area (Å²) in [6, 6.07) is 10.7. The summed E-state index contributed by atoms with van der Waals surface area (Å²) < 4.78 is 5.80. The van der Waals surface area contributed by atoms with Crippen LogP contribution in [0.5, 0.6) is 11.5 Å². The number of carbonyl (C=O) groups excluding carboxylic acids is 2. The van der Waals surface area contributed by atoms with Crippen LogP contribution in [0.1, 0.15) is 30.1 Å². The molecule has 0 saturated carbocycles. The summed E-state index contributed by atoms with van der Waals surface area (Å²) >= 11 is 0. The van der Waals surface area contributed by atoms with Crippen molar-refractivity contribution in [3.8, 4) is 11.5 Å². The smallest absolute Gasteiger partial charge is 0.251 e. The number of rotatable bonds is 5. The first-order chi connectivity index (χ1) is 13.6. The van der Waals surface area contributed by atoms with Crippen molar-refractivity contribution in [2.45, 2.75) is 25.8 Å². The third kappa shape index (κ3) is 4.31. The van der Waals surface area contributed by atoms with Gasteiger partial charge in [-0.05, 0) is 62.2 Å². The van der Waals surface area contributed by atoms with Gasteiger partial charge < -0.3 is 20.3 Å². The van der Waals surface area contributed by atoms with Gasteiger partial charge in [0.1, 0.15) is 17.3 Å². The largest absolute Gasteiger partial charge is 0.457 e. The van der Waals surface area contributed by atoms with Gasteiger partial charge in [0, 0.05) is 37.3 Å². The fourth-order valence-electron chi connectivity index (χ4n) is 3.91. The van der Waals surface area contributed by atoms with Crippen molar-refractivity contribution in [1.29, 1.82) is 0 Å². The van der Waals surface area contributed by atoms with E-state index in [-0.39, 0.29) is 17.9 Å². The third-order valence-electron chi connectivity index (χ3n) is 5.36. The Bertz CT molecular complexity index is 860. The number of fused-ring (bicyclic) bond motifs is 3. The molecule has 28 heavy (non-hydrogen) atoms. The first kappa shape index (κ1) is 18.4. The topological polar surface area (TPSA) is 83.6 Å². The predicted molar refractivity (Wildman–Crippen MR) is 105 cm³/mol. The summed E-state index contributed by atoms with van der Waals surface area (Å²) in [5.41, 5.74) is 0.623. The summed E-state index contributed by atoms with van der Waals surface area (Å²) in [5.74, 6) is 1.97. The van der Waals surface area contributed by atoms with E-state index in [9.17, 15) is 9.59 Å². The molecular weight excluding hydrogens is 356 g/mol. The maximum absolute atomic E-state index is 12.6. The number of aromatic nitrogens is 1. The lowest BCUT2D eigenvalue weighted by atomic mass is 9.84. The molecule has 1 aromatic heterocycles. The van der Waals surface area contributed by atoms with E-state index in [0.717, 1.165) is 19.6 Å². The molecule has 4 heterocycles. The quantitative estimate of drug-likeness (QED) is 0.833. The lowest BCUT2D eigenvalue weighted by molar-refractivity contribution is -0.114. The van der Waals surface area contributed by atoms with Crippen molar-refractivity contribution < 1.29 is 14.3 Å². The van der Waals surface area contributed by atoms with E-state index in [4.69, 9.17) is 4.74 Å². The van der Waals surface area contributed by atoms with Gasteiger partial charge in [-0.3, -0.25) is 9.59 Å². The van der Waals surface area contributed by atoms with Crippen molar-refractivity contribution in [3.63, 3.8) is 0 Å². The van der Waals surface area contributed by atoms with Crippen molar-refractivity contribution >= 4 is 17.6 Å². The van der Waals surface area contributed by atoms with Crippen LogP contribution in [0, 0.1) is 5.92 Å². The molecule has 3 fully saturated rings. The highest BCUT2D eigenvalue weighted by molar-refractivity contribution is 5.94. The molecule has 0 unspecified atom stereocenters. The van der Waals surface area contributed by atoms with Crippen molar-refractivity contribution in [2.24, 2.45) is 5.92 Å². The number of hydrogen-bond acceptors (Lipinski definition) is 5. The van der Waals surface area contributed by atoms with E-state index < -0.39 is 0 Å². The van der Waals surface area contributed by atoms with E-state index in [1.54, 1.807) is 42.6 Å². The number of carbonyl (C=O) groups is 2. The molecule has 3 aliphatic heterocycles. The first-order valence-corrected chi connectivity index (χ1v) is 9.61. The van der Waals surface area contributed by atoms with Gasteiger partial charge in [-0.1, -0.05) is 0 Å². The minimum absolute atomic E-state index is 0.0397. The lowest BCUT2D eigenvalue weighted by Gasteiger charge is -2.44. The molecule has 146 valence electrons. The van der Waals surface area contributed by atoms with E-state index in [0.29, 0.717) is 28.8 Å². The zero-order valence-corrected chi connectivity index (χ0v) is 15.9. The van der Waals surface area contributed by atoms with E-state index in [2.05, 4.69) is 20.5 Å². The van der Waals surface area contributed by atoms with Gasteiger partial charge >= 0.3 is 0 Å². The van der Waals surface area contributed by atoms with Gasteiger partial charge in [-0.25, -0.2) is 4.98 Å². The van der Waals surface area contributed by atoms with Gasteiger partial charge in [0.05, 0.1) is 0 Å². The van der Waals surface area contributed by atoms with Crippen LogP contribution >= 0.6 is 0 Å². The van der Waals surface area contributed by atoms with Crippen LogP contribution in [0.2, 0.25) is 0 Å². The highest BCUT2D eigenvalue weighted by Crippen LogP contribution is 2.28. The standard InChI is InChI=1S/C21H24N4O3/c1-14(26)23-20-12-18(6-9-22-20)28-17-4-2-16(3-5-17)21(27)24-19-13-25-10-7-15(19)8-11-25/h2-6,9,12,15,19H,7-8,10-11,13H2,1H3,(H,24,27)(H,22,23,26)/t19-/m0/s1. The predicted octanol–water partition coefficient (Wildman–Crippen LogP) is 2.66. The van der Waals surface area contributed by atoms with Crippen LogP contribution in [0.3, 0.4) is 0 Å². The summed E-state index contributed by atoms with van der Waals surface area (Å²) in [6.07, 6.45) is 3.91. The maximum atomic E-state index is 12.6. The number of anilines is 1. The molecule has 3 saturated heterocycles. The molecule has 3 aliphatic rings. The molecule has 7 nitrogen and oxygen atoms in total. The van der Waals surface area contributed by atoms with Gasteiger partial charge in [-0.15, -0.1) is 0 Å². The van der Waals surface area contributed by atoms with Crippen LogP contribution in [0.4, 0.5) is 5.82 Å². The van der Waals surface area contributed by atoms with Gasteiger partial charge in [0.2, 0.25) is 5.91 Å². The molecule has 0 spiro atoms. The third-order valence-corrected chi connectivity index (χ3v) is 5.36. The molecule has 2 amide bonds. The van der Waals surface area contributed by atoms with Crippen LogP contribution in [-0.2, 0) is 4.79 Å². The number of hydrogen-bond donors (Lipinski definition) is 2. The summed E-state index contributed by atoms with van der Waals surface area (Å²) in [7, 11) is 0. The molecule has 2 N–H and O–H groups in total. The molecule has 2 bridgehead atoms. The second-order valence-corrected chi connectivity index (χ2v) is 7.40. The normalized spacial score (nSPS) is 23.1. The van der Waals surface area contributed by atoms with Gasteiger partial charge in [0.25, 0.3) is 5.91 Å². The highest BCUT2D eigenvalue weighted by Gasteiger charge is 2.34. The molecule has 1 aromatic carbocycles. The number of piperidine rings is 3. The molecular formula is C21H24N4O3.